The molecule has 3 amide bonds. The summed E-state index contributed by atoms with van der Waals surface area (Å²) in [7, 11) is 1.65. The third-order valence-corrected chi connectivity index (χ3v) is 3.14. The second kappa shape index (κ2) is 6.81. The van der Waals surface area contributed by atoms with Gasteiger partial charge in [0, 0.05) is 25.6 Å². The summed E-state index contributed by atoms with van der Waals surface area (Å²) in [5.41, 5.74) is 6.72. The summed E-state index contributed by atoms with van der Waals surface area (Å²) >= 11 is 0. The van der Waals surface area contributed by atoms with Crippen molar-refractivity contribution in [1.82, 2.24) is 10.9 Å². The number of rotatable bonds is 6. The smallest absolute Gasteiger partial charge is 0.258 e. The summed E-state index contributed by atoms with van der Waals surface area (Å²) in [5, 5.41) is 0. The molecule has 0 unspecified atom stereocenters. The van der Waals surface area contributed by atoms with Crippen LogP contribution in [0.5, 0.6) is 0 Å². The average Bonchev–Trinajstić information content (AvgIpc) is 2.79. The van der Waals surface area contributed by atoms with Crippen molar-refractivity contribution >= 4 is 23.4 Å². The van der Waals surface area contributed by atoms with E-state index in [1.807, 2.05) is 12.1 Å². The number of carbonyl (C=O) groups is 3. The van der Waals surface area contributed by atoms with Crippen LogP contribution >= 0.6 is 0 Å². The number of benzene rings is 1. The third kappa shape index (κ3) is 3.76. The van der Waals surface area contributed by atoms with Crippen LogP contribution in [0.4, 0.5) is 5.69 Å². The molecule has 1 heterocycles. The summed E-state index contributed by atoms with van der Waals surface area (Å²) in [6.07, 6.45) is 4.45. The second-order valence-electron chi connectivity index (χ2n) is 4.66. The van der Waals surface area contributed by atoms with E-state index in [-0.39, 0.29) is 17.7 Å². The first-order valence-corrected chi connectivity index (χ1v) is 6.72. The highest BCUT2D eigenvalue weighted by molar-refractivity contribution is 6.28. The standard InChI is InChI=1S/C15H17N3O3/c1-16-17-13(19)4-2-3-11-5-7-12(8-6-11)18-14(20)9-10-15(18)21/h5-10,16H,2-4H2,1H3,(H,17,19). The molecule has 6 nitrogen and oxygen atoms in total. The zero-order chi connectivity index (χ0) is 15.2. The predicted molar refractivity (Wildman–Crippen MR) is 78.2 cm³/mol. The molecule has 0 aliphatic carbocycles. The van der Waals surface area contributed by atoms with Crippen molar-refractivity contribution in [3.05, 3.63) is 42.0 Å². The maximum Gasteiger partial charge on any atom is 0.258 e. The van der Waals surface area contributed by atoms with Crippen LogP contribution in [-0.4, -0.2) is 24.8 Å². The van der Waals surface area contributed by atoms with Crippen LogP contribution in [-0.2, 0) is 20.8 Å². The normalized spacial score (nSPS) is 13.9. The quantitative estimate of drug-likeness (QED) is 0.596. The molecule has 0 fully saturated rings. The highest BCUT2D eigenvalue weighted by Gasteiger charge is 2.24. The third-order valence-electron chi connectivity index (χ3n) is 3.14. The molecular weight excluding hydrogens is 270 g/mol. The van der Waals surface area contributed by atoms with Crippen molar-refractivity contribution < 1.29 is 14.4 Å². The molecule has 6 heteroatoms. The van der Waals surface area contributed by atoms with Crippen LogP contribution in [0.3, 0.4) is 0 Å². The van der Waals surface area contributed by atoms with Gasteiger partial charge < -0.3 is 0 Å². The Bertz CT molecular complexity index is 560. The van der Waals surface area contributed by atoms with Crippen LogP contribution in [0.2, 0.25) is 0 Å². The molecule has 2 N–H and O–H groups in total. The molecule has 1 aliphatic rings. The van der Waals surface area contributed by atoms with Crippen LogP contribution in [0, 0.1) is 0 Å². The number of amides is 3. The van der Waals surface area contributed by atoms with Crippen molar-refractivity contribution in [2.45, 2.75) is 19.3 Å². The van der Waals surface area contributed by atoms with Gasteiger partial charge in [-0.25, -0.2) is 10.3 Å². The summed E-state index contributed by atoms with van der Waals surface area (Å²) in [6, 6.07) is 7.21. The Hall–Kier alpha value is -2.47. The Morgan fingerprint density at radius 3 is 2.29 bits per heavy atom. The Morgan fingerprint density at radius 1 is 1.10 bits per heavy atom. The monoisotopic (exact) mass is 287 g/mol. The minimum absolute atomic E-state index is 0.0477. The fourth-order valence-electron chi connectivity index (χ4n) is 2.12. The molecule has 0 aromatic heterocycles. The topological polar surface area (TPSA) is 78.5 Å². The molecule has 2 rings (SSSR count). The number of hydrogen-bond donors (Lipinski definition) is 2. The molecule has 0 saturated heterocycles. The van der Waals surface area contributed by atoms with Crippen LogP contribution in [0.1, 0.15) is 18.4 Å². The number of hydrogen-bond acceptors (Lipinski definition) is 4. The number of carbonyl (C=O) groups excluding carboxylic acids is 3. The van der Waals surface area contributed by atoms with Gasteiger partial charge >= 0.3 is 0 Å². The van der Waals surface area contributed by atoms with E-state index in [0.717, 1.165) is 23.3 Å². The molecule has 0 atom stereocenters. The number of hydrazine groups is 1. The Kier molecular flexibility index (Phi) is 4.84. The zero-order valence-corrected chi connectivity index (χ0v) is 11.8. The number of anilines is 1. The van der Waals surface area contributed by atoms with E-state index in [0.29, 0.717) is 12.1 Å². The van der Waals surface area contributed by atoms with Gasteiger partial charge in [-0.1, -0.05) is 12.1 Å². The molecule has 0 bridgehead atoms. The number of nitrogens with zero attached hydrogens (tertiary/aromatic N) is 1. The minimum Gasteiger partial charge on any atom is -0.292 e. The van der Waals surface area contributed by atoms with E-state index >= 15 is 0 Å². The van der Waals surface area contributed by atoms with Crippen molar-refractivity contribution in [2.24, 2.45) is 0 Å². The Balaban J connectivity index is 1.89. The van der Waals surface area contributed by atoms with Crippen molar-refractivity contribution in [1.29, 1.82) is 0 Å². The summed E-state index contributed by atoms with van der Waals surface area (Å²) in [4.78, 5) is 35.5. The largest absolute Gasteiger partial charge is 0.292 e. The zero-order valence-electron chi connectivity index (χ0n) is 11.8. The Morgan fingerprint density at radius 2 is 1.71 bits per heavy atom. The van der Waals surface area contributed by atoms with Gasteiger partial charge in [-0.15, -0.1) is 0 Å². The van der Waals surface area contributed by atoms with E-state index < -0.39 is 0 Å². The van der Waals surface area contributed by atoms with Gasteiger partial charge in [0.25, 0.3) is 11.8 Å². The van der Waals surface area contributed by atoms with E-state index in [2.05, 4.69) is 10.9 Å². The van der Waals surface area contributed by atoms with E-state index in [1.54, 1.807) is 19.2 Å². The molecule has 1 aromatic rings. The summed E-state index contributed by atoms with van der Waals surface area (Å²) < 4.78 is 0. The lowest BCUT2D eigenvalue weighted by atomic mass is 10.1. The van der Waals surface area contributed by atoms with Gasteiger partial charge in [-0.2, -0.15) is 0 Å². The summed E-state index contributed by atoms with van der Waals surface area (Å²) in [5.74, 6) is -0.693. The van der Waals surface area contributed by atoms with Crippen LogP contribution in [0.25, 0.3) is 0 Å². The maximum atomic E-state index is 11.5. The van der Waals surface area contributed by atoms with Crippen LogP contribution < -0.4 is 15.8 Å². The lowest BCUT2D eigenvalue weighted by Gasteiger charge is -2.14. The lowest BCUT2D eigenvalue weighted by molar-refractivity contribution is -0.122. The fraction of sp³-hybridized carbons (Fsp3) is 0.267. The molecule has 0 radical (unpaired) electrons. The SMILES string of the molecule is CNNC(=O)CCCc1ccc(N2C(=O)C=CC2=O)cc1. The highest BCUT2D eigenvalue weighted by Crippen LogP contribution is 2.20. The van der Waals surface area contributed by atoms with E-state index in [9.17, 15) is 14.4 Å². The molecule has 0 spiro atoms. The van der Waals surface area contributed by atoms with Gasteiger partial charge in [0.15, 0.2) is 0 Å². The first-order chi connectivity index (χ1) is 10.1. The van der Waals surface area contributed by atoms with Gasteiger partial charge in [0.1, 0.15) is 0 Å². The van der Waals surface area contributed by atoms with Gasteiger partial charge in [-0.3, -0.25) is 19.8 Å². The van der Waals surface area contributed by atoms with Crippen molar-refractivity contribution in [3.8, 4) is 0 Å². The second-order valence-corrected chi connectivity index (χ2v) is 4.66. The lowest BCUT2D eigenvalue weighted by Crippen LogP contribution is -2.33. The minimum atomic E-state index is -0.323. The first kappa shape index (κ1) is 14.9. The Labute approximate surface area is 122 Å². The van der Waals surface area contributed by atoms with Gasteiger partial charge in [-0.05, 0) is 30.5 Å². The number of aryl methyl sites for hydroxylation is 1. The first-order valence-electron chi connectivity index (χ1n) is 6.72. The number of imide groups is 1. The maximum absolute atomic E-state index is 11.5. The fourth-order valence-corrected chi connectivity index (χ4v) is 2.12. The predicted octanol–water partition coefficient (Wildman–Crippen LogP) is 0.689. The van der Waals surface area contributed by atoms with Crippen molar-refractivity contribution in [2.75, 3.05) is 11.9 Å². The molecule has 1 aromatic carbocycles. The molecule has 1 aliphatic heterocycles. The average molecular weight is 287 g/mol. The van der Waals surface area contributed by atoms with Crippen LogP contribution in [0.15, 0.2) is 36.4 Å². The van der Waals surface area contributed by atoms with E-state index in [1.165, 1.54) is 12.2 Å². The summed E-state index contributed by atoms with van der Waals surface area (Å²) in [6.45, 7) is 0. The molecule has 21 heavy (non-hydrogen) atoms. The highest BCUT2D eigenvalue weighted by atomic mass is 16.2. The van der Waals surface area contributed by atoms with Gasteiger partial charge in [0.2, 0.25) is 5.91 Å². The van der Waals surface area contributed by atoms with Gasteiger partial charge in [0.05, 0.1) is 5.69 Å². The van der Waals surface area contributed by atoms with Crippen molar-refractivity contribution in [3.63, 3.8) is 0 Å². The molecule has 110 valence electrons. The molecule has 0 saturated carbocycles. The van der Waals surface area contributed by atoms with E-state index in [4.69, 9.17) is 0 Å². The molecular formula is C15H17N3O3. The number of nitrogens with one attached hydrogen (secondary N) is 2.